The second-order valence-corrected chi connectivity index (χ2v) is 12.1. The van der Waals surface area contributed by atoms with Gasteiger partial charge in [-0.15, -0.1) is 0 Å². The number of hydrogen-bond donors (Lipinski definition) is 2. The zero-order chi connectivity index (χ0) is 28.1. The summed E-state index contributed by atoms with van der Waals surface area (Å²) in [6.45, 7) is 9.88. The van der Waals surface area contributed by atoms with Crippen molar-refractivity contribution in [2.45, 2.75) is 63.1 Å². The quantitative estimate of drug-likeness (QED) is 0.392. The highest BCUT2D eigenvalue weighted by atomic mass is 19.1. The first kappa shape index (κ1) is 26.3. The van der Waals surface area contributed by atoms with Crippen LogP contribution in [0.15, 0.2) is 41.4 Å². The van der Waals surface area contributed by atoms with E-state index in [4.69, 9.17) is 9.72 Å². The van der Waals surface area contributed by atoms with Crippen LogP contribution in [-0.4, -0.2) is 77.1 Å². The minimum atomic E-state index is -0.610. The molecule has 2 aromatic carbocycles. The van der Waals surface area contributed by atoms with Crippen LogP contribution in [0.1, 0.15) is 55.3 Å². The summed E-state index contributed by atoms with van der Waals surface area (Å²) in [6.07, 6.45) is 6.79. The summed E-state index contributed by atoms with van der Waals surface area (Å²) >= 11 is 0. The molecule has 0 saturated carbocycles. The van der Waals surface area contributed by atoms with Crippen LogP contribution in [0, 0.1) is 6.92 Å². The number of aromatic hydroxyl groups is 1. The zero-order valence-corrected chi connectivity index (χ0v) is 23.6. The maximum Gasteiger partial charge on any atom is 0.319 e. The lowest BCUT2D eigenvalue weighted by Gasteiger charge is -2.35. The van der Waals surface area contributed by atoms with E-state index >= 15 is 4.39 Å². The van der Waals surface area contributed by atoms with Gasteiger partial charge in [-0.1, -0.05) is 30.3 Å². The van der Waals surface area contributed by atoms with Crippen molar-refractivity contribution in [1.82, 2.24) is 20.2 Å². The van der Waals surface area contributed by atoms with Crippen molar-refractivity contribution in [2.24, 2.45) is 4.99 Å². The van der Waals surface area contributed by atoms with Gasteiger partial charge in [0.05, 0.1) is 5.54 Å². The summed E-state index contributed by atoms with van der Waals surface area (Å²) in [5.41, 5.74) is 1.31. The number of ether oxygens (including phenoxy) is 1. The Balaban J connectivity index is 1.33. The van der Waals surface area contributed by atoms with Crippen molar-refractivity contribution in [1.29, 1.82) is 0 Å². The predicted octanol–water partition coefficient (Wildman–Crippen LogP) is 5.09. The number of phenolic OH excluding ortho intramolecular Hbond substituents is 1. The number of halogens is 1. The fourth-order valence-electron chi connectivity index (χ4n) is 7.60. The Bertz CT molecular complexity index is 1510. The average Bonchev–Trinajstić information content (AvgIpc) is 3.66. The normalized spacial score (nSPS) is 24.0. The Kier molecular flexibility index (Phi) is 6.66. The minimum Gasteiger partial charge on any atom is -0.507 e. The molecular formula is C32H37FN6O2. The molecule has 2 atom stereocenters. The summed E-state index contributed by atoms with van der Waals surface area (Å²) in [5, 5.41) is 15.7. The van der Waals surface area contributed by atoms with Gasteiger partial charge >= 0.3 is 6.01 Å². The number of phenols is 1. The Labute approximate surface area is 240 Å². The van der Waals surface area contributed by atoms with Gasteiger partial charge in [-0.3, -0.25) is 9.89 Å². The van der Waals surface area contributed by atoms with Crippen molar-refractivity contribution < 1.29 is 14.2 Å². The second kappa shape index (κ2) is 10.4. The molecule has 4 aliphatic rings. The lowest BCUT2D eigenvalue weighted by atomic mass is 9.95. The van der Waals surface area contributed by atoms with Crippen LogP contribution in [0.5, 0.6) is 11.8 Å². The molecular weight excluding hydrogens is 519 g/mol. The number of aliphatic imine (C=N–C) groups is 1. The van der Waals surface area contributed by atoms with Crippen molar-refractivity contribution in [3.63, 3.8) is 0 Å². The molecule has 7 rings (SSSR count). The topological polar surface area (TPSA) is 86.1 Å². The Hall–Kier alpha value is -3.56. The Morgan fingerprint density at radius 2 is 1.83 bits per heavy atom. The largest absolute Gasteiger partial charge is 0.507 e. The predicted molar refractivity (Wildman–Crippen MR) is 160 cm³/mol. The summed E-state index contributed by atoms with van der Waals surface area (Å²) in [7, 11) is 0. The Morgan fingerprint density at radius 3 is 2.54 bits per heavy atom. The molecule has 5 heterocycles. The fourth-order valence-corrected chi connectivity index (χ4v) is 7.60. The van der Waals surface area contributed by atoms with Crippen LogP contribution < -0.4 is 15.0 Å². The molecule has 0 spiro atoms. The molecule has 41 heavy (non-hydrogen) atoms. The first-order valence-corrected chi connectivity index (χ1v) is 14.8. The number of aromatic nitrogens is 2. The van der Waals surface area contributed by atoms with E-state index in [0.29, 0.717) is 41.0 Å². The van der Waals surface area contributed by atoms with E-state index in [1.165, 1.54) is 12.8 Å². The summed E-state index contributed by atoms with van der Waals surface area (Å²) in [6, 6.07) is 11.7. The van der Waals surface area contributed by atoms with Gasteiger partial charge in [0.1, 0.15) is 29.6 Å². The lowest BCUT2D eigenvalue weighted by molar-refractivity contribution is 0.107. The number of nitrogens with one attached hydrogen (secondary N) is 1. The molecule has 2 unspecified atom stereocenters. The number of benzene rings is 2. The summed E-state index contributed by atoms with van der Waals surface area (Å²) in [5.74, 6) is 0.153. The van der Waals surface area contributed by atoms with Gasteiger partial charge in [0, 0.05) is 41.7 Å². The van der Waals surface area contributed by atoms with Crippen LogP contribution in [0.3, 0.4) is 0 Å². The molecule has 0 radical (unpaired) electrons. The van der Waals surface area contributed by atoms with E-state index in [2.05, 4.69) is 31.8 Å². The van der Waals surface area contributed by atoms with Gasteiger partial charge < -0.3 is 20.1 Å². The standard InChI is InChI=1S/C32H37FN6O2/c1-20-28(27(33)29(34-2)24-9-3-7-21-8-4-10-25(40)26(21)24)36-31(41-19-32-13-5-15-39(32)16-6-14-32)37-30(20)38-17-22-11-12-23(18-38)35-22/h3-4,7-10,22-23,35,40H,2,5-6,11-19H2,1H3/b29-27+. The number of rotatable bonds is 7. The lowest BCUT2D eigenvalue weighted by Crippen LogP contribution is -2.51. The summed E-state index contributed by atoms with van der Waals surface area (Å²) < 4.78 is 23.1. The molecule has 0 aliphatic carbocycles. The molecule has 2 bridgehead atoms. The first-order chi connectivity index (χ1) is 20.0. The molecule has 1 aromatic heterocycles. The molecule has 4 aliphatic heterocycles. The van der Waals surface area contributed by atoms with Gasteiger partial charge in [0.25, 0.3) is 0 Å². The molecule has 4 saturated heterocycles. The van der Waals surface area contributed by atoms with Crippen LogP contribution in [0.4, 0.5) is 10.2 Å². The van der Waals surface area contributed by atoms with E-state index in [-0.39, 0.29) is 28.7 Å². The summed E-state index contributed by atoms with van der Waals surface area (Å²) in [4.78, 5) is 18.5. The third-order valence-electron chi connectivity index (χ3n) is 9.61. The number of anilines is 1. The molecule has 9 heteroatoms. The fraction of sp³-hybridized carbons (Fsp3) is 0.469. The second-order valence-electron chi connectivity index (χ2n) is 12.1. The molecule has 2 N–H and O–H groups in total. The van der Waals surface area contributed by atoms with E-state index < -0.39 is 5.83 Å². The van der Waals surface area contributed by atoms with Crippen LogP contribution in [0.25, 0.3) is 22.3 Å². The molecule has 0 amide bonds. The van der Waals surface area contributed by atoms with Crippen molar-refractivity contribution in [3.05, 3.63) is 53.2 Å². The van der Waals surface area contributed by atoms with Gasteiger partial charge in [-0.2, -0.15) is 9.97 Å². The number of hydrogen-bond acceptors (Lipinski definition) is 8. The van der Waals surface area contributed by atoms with Crippen molar-refractivity contribution in [2.75, 3.05) is 37.7 Å². The monoisotopic (exact) mass is 556 g/mol. The van der Waals surface area contributed by atoms with Crippen LogP contribution in [0.2, 0.25) is 0 Å². The Morgan fingerprint density at radius 1 is 1.12 bits per heavy atom. The van der Waals surface area contributed by atoms with E-state index in [1.807, 2.05) is 25.1 Å². The number of fused-ring (bicyclic) bond motifs is 4. The van der Waals surface area contributed by atoms with Gasteiger partial charge in [0.2, 0.25) is 0 Å². The third kappa shape index (κ3) is 4.55. The molecule has 214 valence electrons. The van der Waals surface area contributed by atoms with Gasteiger partial charge in [-0.05, 0) is 76.7 Å². The highest BCUT2D eigenvalue weighted by Gasteiger charge is 2.45. The molecule has 4 fully saturated rings. The maximum atomic E-state index is 16.7. The highest BCUT2D eigenvalue weighted by molar-refractivity contribution is 6.02. The highest BCUT2D eigenvalue weighted by Crippen LogP contribution is 2.41. The van der Waals surface area contributed by atoms with Crippen LogP contribution in [-0.2, 0) is 0 Å². The zero-order valence-electron chi connectivity index (χ0n) is 23.6. The maximum absolute atomic E-state index is 16.7. The first-order valence-electron chi connectivity index (χ1n) is 14.8. The van der Waals surface area contributed by atoms with Crippen molar-refractivity contribution in [3.8, 4) is 11.8 Å². The van der Waals surface area contributed by atoms with Gasteiger partial charge in [-0.25, -0.2) is 4.39 Å². The minimum absolute atomic E-state index is 0.0193. The van der Waals surface area contributed by atoms with Gasteiger partial charge in [0.15, 0.2) is 5.83 Å². The van der Waals surface area contributed by atoms with Crippen LogP contribution >= 0.6 is 0 Å². The smallest absolute Gasteiger partial charge is 0.319 e. The SMILES string of the molecule is C=N/C(=C(/F)c1nc(OCC23CCCN2CCC3)nc(N2CC3CCC(C2)N3)c1C)c1cccc2cccc(O)c12. The molecule has 3 aromatic rings. The number of piperazine rings is 1. The average molecular weight is 557 g/mol. The third-order valence-corrected chi connectivity index (χ3v) is 9.61. The van der Waals surface area contributed by atoms with E-state index in [0.717, 1.165) is 57.2 Å². The van der Waals surface area contributed by atoms with Crippen molar-refractivity contribution >= 4 is 34.8 Å². The van der Waals surface area contributed by atoms with E-state index in [1.54, 1.807) is 18.2 Å². The number of nitrogens with zero attached hydrogens (tertiary/aromatic N) is 5. The van der Waals surface area contributed by atoms with E-state index in [9.17, 15) is 5.11 Å². The molecule has 8 nitrogen and oxygen atoms in total.